The van der Waals surface area contributed by atoms with Gasteiger partial charge in [0.25, 0.3) is 0 Å². The Balaban J connectivity index is 1.92. The highest BCUT2D eigenvalue weighted by Crippen LogP contribution is 2.29. The smallest absolute Gasteiger partial charge is 0.0997 e. The van der Waals surface area contributed by atoms with E-state index in [9.17, 15) is 0 Å². The van der Waals surface area contributed by atoms with Gasteiger partial charge in [-0.3, -0.25) is 4.99 Å². The minimum atomic E-state index is 0.386. The molecule has 2 aromatic carbocycles. The molecule has 102 valence electrons. The van der Waals surface area contributed by atoms with E-state index in [2.05, 4.69) is 77.6 Å². The van der Waals surface area contributed by atoms with E-state index in [0.717, 1.165) is 19.5 Å². The second kappa shape index (κ2) is 5.91. The van der Waals surface area contributed by atoms with Crippen LogP contribution in [0.25, 0.3) is 0 Å². The Morgan fingerprint density at radius 1 is 0.950 bits per heavy atom. The maximum absolute atomic E-state index is 4.65. The number of aliphatic imine (C=N–C) groups is 1. The van der Waals surface area contributed by atoms with Crippen LogP contribution in [0.2, 0.25) is 0 Å². The van der Waals surface area contributed by atoms with Crippen LogP contribution in [0.5, 0.6) is 0 Å². The van der Waals surface area contributed by atoms with E-state index in [4.69, 9.17) is 0 Å². The van der Waals surface area contributed by atoms with Crippen molar-refractivity contribution in [1.82, 2.24) is 4.90 Å². The average molecular weight is 264 g/mol. The van der Waals surface area contributed by atoms with Crippen molar-refractivity contribution in [2.24, 2.45) is 4.99 Å². The van der Waals surface area contributed by atoms with Crippen molar-refractivity contribution >= 4 is 5.84 Å². The molecule has 1 aliphatic rings. The van der Waals surface area contributed by atoms with Gasteiger partial charge in [-0.05, 0) is 11.1 Å². The van der Waals surface area contributed by atoms with Crippen molar-refractivity contribution in [3.05, 3.63) is 71.8 Å². The lowest BCUT2D eigenvalue weighted by Gasteiger charge is -2.21. The third-order valence-electron chi connectivity index (χ3n) is 3.96. The zero-order chi connectivity index (χ0) is 13.8. The highest BCUT2D eigenvalue weighted by atomic mass is 15.2. The van der Waals surface area contributed by atoms with Gasteiger partial charge in [0.05, 0.1) is 12.4 Å². The Hall–Kier alpha value is -2.09. The molecule has 0 unspecified atom stereocenters. The van der Waals surface area contributed by atoms with Crippen LogP contribution in [-0.2, 0) is 0 Å². The molecule has 3 rings (SSSR count). The maximum Gasteiger partial charge on any atom is 0.0997 e. The predicted octanol–water partition coefficient (Wildman–Crippen LogP) is 3.55. The first kappa shape index (κ1) is 12.9. The Labute approximate surface area is 120 Å². The summed E-state index contributed by atoms with van der Waals surface area (Å²) in [7, 11) is 2.14. The molecule has 0 radical (unpaired) electrons. The topological polar surface area (TPSA) is 15.6 Å². The molecular formula is C18H20N2. The van der Waals surface area contributed by atoms with Gasteiger partial charge in [0, 0.05) is 25.9 Å². The second-order valence-corrected chi connectivity index (χ2v) is 5.30. The fraction of sp³-hybridized carbons (Fsp3) is 0.278. The van der Waals surface area contributed by atoms with E-state index in [1.165, 1.54) is 17.0 Å². The molecule has 0 N–H and O–H groups in total. The van der Waals surface area contributed by atoms with Crippen molar-refractivity contribution in [1.29, 1.82) is 0 Å². The average Bonchev–Trinajstić information content (AvgIpc) is 2.92. The summed E-state index contributed by atoms with van der Waals surface area (Å²) in [5, 5.41) is 0. The van der Waals surface area contributed by atoms with Crippen LogP contribution in [0, 0.1) is 0 Å². The van der Waals surface area contributed by atoms with E-state index in [1.807, 2.05) is 0 Å². The number of benzene rings is 2. The van der Waals surface area contributed by atoms with Crippen LogP contribution in [0.1, 0.15) is 23.5 Å². The monoisotopic (exact) mass is 264 g/mol. The minimum absolute atomic E-state index is 0.386. The summed E-state index contributed by atoms with van der Waals surface area (Å²) in [5.41, 5.74) is 2.73. The Morgan fingerprint density at radius 2 is 1.50 bits per heavy atom. The van der Waals surface area contributed by atoms with Gasteiger partial charge >= 0.3 is 0 Å². The third-order valence-corrected chi connectivity index (χ3v) is 3.96. The quantitative estimate of drug-likeness (QED) is 0.824. The van der Waals surface area contributed by atoms with Gasteiger partial charge in [-0.25, -0.2) is 0 Å². The highest BCUT2D eigenvalue weighted by molar-refractivity contribution is 5.84. The van der Waals surface area contributed by atoms with E-state index >= 15 is 0 Å². The third kappa shape index (κ3) is 2.74. The molecule has 2 nitrogen and oxygen atoms in total. The van der Waals surface area contributed by atoms with Crippen molar-refractivity contribution in [3.8, 4) is 0 Å². The molecule has 0 atom stereocenters. The van der Waals surface area contributed by atoms with Crippen molar-refractivity contribution in [2.45, 2.75) is 12.3 Å². The molecule has 1 heterocycles. The van der Waals surface area contributed by atoms with Crippen LogP contribution in [0.4, 0.5) is 0 Å². The zero-order valence-electron chi connectivity index (χ0n) is 11.9. The van der Waals surface area contributed by atoms with Gasteiger partial charge in [0.1, 0.15) is 0 Å². The molecule has 0 aromatic heterocycles. The standard InChI is InChI=1S/C18H20N2/c1-20-13-12-19-18(20)14-17(15-8-4-2-5-9-15)16-10-6-3-7-11-16/h2-11,17H,12-14H2,1H3. The molecule has 20 heavy (non-hydrogen) atoms. The molecule has 0 saturated heterocycles. The Morgan fingerprint density at radius 3 is 1.95 bits per heavy atom. The van der Waals surface area contributed by atoms with Gasteiger partial charge in [-0.2, -0.15) is 0 Å². The molecule has 0 saturated carbocycles. The number of rotatable bonds is 4. The molecule has 0 fully saturated rings. The molecule has 0 bridgehead atoms. The lowest BCUT2D eigenvalue weighted by molar-refractivity contribution is 0.540. The van der Waals surface area contributed by atoms with E-state index < -0.39 is 0 Å². The first-order chi connectivity index (χ1) is 9.84. The van der Waals surface area contributed by atoms with Crippen molar-refractivity contribution in [2.75, 3.05) is 20.1 Å². The van der Waals surface area contributed by atoms with Gasteiger partial charge in [-0.15, -0.1) is 0 Å². The van der Waals surface area contributed by atoms with Crippen LogP contribution < -0.4 is 0 Å². The normalized spacial score (nSPS) is 14.7. The summed E-state index contributed by atoms with van der Waals surface area (Å²) < 4.78 is 0. The lowest BCUT2D eigenvalue weighted by Crippen LogP contribution is -2.24. The van der Waals surface area contributed by atoms with Gasteiger partial charge in [0.15, 0.2) is 0 Å². The largest absolute Gasteiger partial charge is 0.362 e. The second-order valence-electron chi connectivity index (χ2n) is 5.30. The first-order valence-electron chi connectivity index (χ1n) is 7.19. The summed E-state index contributed by atoms with van der Waals surface area (Å²) >= 11 is 0. The predicted molar refractivity (Wildman–Crippen MR) is 84.3 cm³/mol. The molecule has 2 heteroatoms. The number of likely N-dealkylation sites (N-methyl/N-ethyl adjacent to an activating group) is 1. The molecular weight excluding hydrogens is 244 g/mol. The maximum atomic E-state index is 4.65. The van der Waals surface area contributed by atoms with Crippen LogP contribution in [0.15, 0.2) is 65.7 Å². The van der Waals surface area contributed by atoms with E-state index in [-0.39, 0.29) is 0 Å². The van der Waals surface area contributed by atoms with Crippen LogP contribution in [-0.4, -0.2) is 30.9 Å². The van der Waals surface area contributed by atoms with Crippen LogP contribution in [0.3, 0.4) is 0 Å². The Bertz CT molecular complexity index is 535. The fourth-order valence-electron chi connectivity index (χ4n) is 2.78. The van der Waals surface area contributed by atoms with E-state index in [1.54, 1.807) is 0 Å². The van der Waals surface area contributed by atoms with Gasteiger partial charge < -0.3 is 4.90 Å². The van der Waals surface area contributed by atoms with Crippen LogP contribution >= 0.6 is 0 Å². The fourth-order valence-corrected chi connectivity index (χ4v) is 2.78. The van der Waals surface area contributed by atoms with E-state index in [0.29, 0.717) is 5.92 Å². The summed E-state index contributed by atoms with van der Waals surface area (Å²) in [6.45, 7) is 1.98. The summed E-state index contributed by atoms with van der Waals surface area (Å²) in [6, 6.07) is 21.5. The Kier molecular flexibility index (Phi) is 3.82. The molecule has 2 aromatic rings. The first-order valence-corrected chi connectivity index (χ1v) is 7.19. The molecule has 0 spiro atoms. The molecule has 0 amide bonds. The molecule has 0 aliphatic carbocycles. The lowest BCUT2D eigenvalue weighted by atomic mass is 9.88. The van der Waals surface area contributed by atoms with Gasteiger partial charge in [0.2, 0.25) is 0 Å². The number of nitrogens with zero attached hydrogens (tertiary/aromatic N) is 2. The summed E-state index contributed by atoms with van der Waals surface area (Å²) in [6.07, 6.45) is 0.977. The summed E-state index contributed by atoms with van der Waals surface area (Å²) in [5.74, 6) is 1.61. The SMILES string of the molecule is CN1CCN=C1CC(c1ccccc1)c1ccccc1. The van der Waals surface area contributed by atoms with Crippen molar-refractivity contribution in [3.63, 3.8) is 0 Å². The number of hydrogen-bond acceptors (Lipinski definition) is 2. The summed E-state index contributed by atoms with van der Waals surface area (Å²) in [4.78, 5) is 6.93. The van der Waals surface area contributed by atoms with Crippen molar-refractivity contribution < 1.29 is 0 Å². The highest BCUT2D eigenvalue weighted by Gasteiger charge is 2.20. The number of hydrogen-bond donors (Lipinski definition) is 0. The van der Waals surface area contributed by atoms with Gasteiger partial charge in [-0.1, -0.05) is 60.7 Å². The zero-order valence-corrected chi connectivity index (χ0v) is 11.9. The number of amidine groups is 1. The minimum Gasteiger partial charge on any atom is -0.362 e. The molecule has 1 aliphatic heterocycles.